The molecule has 0 aromatic carbocycles. The predicted octanol–water partition coefficient (Wildman–Crippen LogP) is 0.171. The van der Waals surface area contributed by atoms with Gasteiger partial charge in [-0.25, -0.2) is 4.79 Å². The van der Waals surface area contributed by atoms with E-state index in [9.17, 15) is 4.79 Å². The molecule has 0 heterocycles. The average molecular weight is 138 g/mol. The van der Waals surface area contributed by atoms with Crippen molar-refractivity contribution in [3.63, 3.8) is 0 Å². The predicted molar refractivity (Wildman–Crippen MR) is 34.4 cm³/mol. The molecule has 0 saturated heterocycles. The third-order valence-corrected chi connectivity index (χ3v) is 0.616. The van der Waals surface area contributed by atoms with Gasteiger partial charge in [-0.3, -0.25) is 0 Å². The van der Waals surface area contributed by atoms with Gasteiger partial charge in [-0.15, -0.1) is 5.73 Å². The van der Waals surface area contributed by atoms with Crippen molar-refractivity contribution in [3.8, 4) is 0 Å². The van der Waals surface area contributed by atoms with Crippen LogP contribution in [0.3, 0.4) is 0 Å². The van der Waals surface area contributed by atoms with Crippen molar-refractivity contribution in [1.29, 1.82) is 0 Å². The zero-order chi connectivity index (χ0) is 7.82. The molecule has 0 atom stereocenters. The Morgan fingerprint density at radius 1 is 1.90 bits per heavy atom. The van der Waals surface area contributed by atoms with Gasteiger partial charge in [-0.05, 0) is 6.08 Å². The minimum Gasteiger partial charge on any atom is -0.452 e. The molecule has 0 aromatic rings. The normalized spacial score (nSPS) is 6.80. The maximum absolute atomic E-state index is 10.3. The molecule has 0 fully saturated rings. The van der Waals surface area contributed by atoms with Crippen LogP contribution in [0.4, 0.5) is 0 Å². The lowest BCUT2D eigenvalue weighted by Gasteiger charge is -1.88. The van der Waals surface area contributed by atoms with E-state index in [-0.39, 0.29) is 6.61 Å². The Labute approximate surface area is 58.0 Å². The van der Waals surface area contributed by atoms with Crippen LogP contribution in [-0.4, -0.2) is 23.6 Å². The molecule has 0 bridgehead atoms. The van der Waals surface area contributed by atoms with Crippen LogP contribution in [0.15, 0.2) is 18.4 Å². The second kappa shape index (κ2) is 5.51. The number of rotatable bonds is 3. The molecule has 10 heavy (non-hydrogen) atoms. The Kier molecular flexibility index (Phi) is 4.61. The van der Waals surface area contributed by atoms with Crippen molar-refractivity contribution in [2.45, 2.75) is 0 Å². The van der Waals surface area contributed by atoms with E-state index in [1.807, 2.05) is 0 Å². The zero-order valence-corrected chi connectivity index (χ0v) is 5.28. The van der Waals surface area contributed by atoms with Crippen molar-refractivity contribution in [2.24, 2.45) is 0 Å². The Hall–Kier alpha value is -1.63. The molecular weight excluding hydrogens is 132 g/mol. The number of carbonyl (C=O) groups excluding carboxylic acids is 1. The Balaban J connectivity index is 3.59. The molecule has 0 aliphatic heterocycles. The molecule has 0 saturated carbocycles. The molecule has 0 aliphatic carbocycles. The molecule has 4 heteroatoms. The highest BCUT2D eigenvalue weighted by Crippen LogP contribution is 1.73. The summed E-state index contributed by atoms with van der Waals surface area (Å²) in [6.45, 7) is 3.34. The van der Waals surface area contributed by atoms with E-state index in [4.69, 9.17) is 5.53 Å². The summed E-state index contributed by atoms with van der Waals surface area (Å²) in [7, 11) is 0. The summed E-state index contributed by atoms with van der Waals surface area (Å²) in [5.74, 6) is -0.700. The van der Waals surface area contributed by atoms with Crippen LogP contribution in [0.5, 0.6) is 0 Å². The van der Waals surface area contributed by atoms with Gasteiger partial charge >= 0.3 is 12.2 Å². The van der Waals surface area contributed by atoms with Crippen LogP contribution in [0.1, 0.15) is 0 Å². The molecule has 0 N–H and O–H groups in total. The van der Waals surface area contributed by atoms with E-state index in [0.717, 1.165) is 0 Å². The van der Waals surface area contributed by atoms with Gasteiger partial charge in [0.25, 0.3) is 0 Å². The quantitative estimate of drug-likeness (QED) is 0.183. The number of nitrogens with zero attached hydrogens (tertiary/aromatic N) is 2. The number of carbonyl (C=O) groups is 1. The summed E-state index contributed by atoms with van der Waals surface area (Å²) in [4.78, 5) is 12.8. The van der Waals surface area contributed by atoms with Crippen LogP contribution in [0.25, 0.3) is 5.53 Å². The second-order valence-electron chi connectivity index (χ2n) is 1.28. The van der Waals surface area contributed by atoms with Crippen LogP contribution in [0, 0.1) is 0 Å². The van der Waals surface area contributed by atoms with E-state index in [1.165, 1.54) is 6.08 Å². The fourth-order valence-corrected chi connectivity index (χ4v) is 0.267. The largest absolute Gasteiger partial charge is 0.452 e. The number of ether oxygens (including phenoxy) is 1. The van der Waals surface area contributed by atoms with E-state index < -0.39 is 5.97 Å². The Bertz CT molecular complexity index is 210. The van der Waals surface area contributed by atoms with Crippen LogP contribution >= 0.6 is 0 Å². The highest BCUT2D eigenvalue weighted by molar-refractivity contribution is 6.20. The van der Waals surface area contributed by atoms with Gasteiger partial charge in [0, 0.05) is 0 Å². The van der Waals surface area contributed by atoms with E-state index in [1.54, 1.807) is 0 Å². The van der Waals surface area contributed by atoms with Gasteiger partial charge in [0.15, 0.2) is 0 Å². The maximum Gasteiger partial charge on any atom is 0.413 e. The van der Waals surface area contributed by atoms with Crippen molar-refractivity contribution in [2.75, 3.05) is 6.61 Å². The van der Waals surface area contributed by atoms with E-state index >= 15 is 0 Å². The first-order valence-corrected chi connectivity index (χ1v) is 2.49. The molecule has 0 spiro atoms. The number of esters is 1. The lowest BCUT2D eigenvalue weighted by molar-refractivity contribution is -0.137. The smallest absolute Gasteiger partial charge is 0.413 e. The maximum atomic E-state index is 10.3. The lowest BCUT2D eigenvalue weighted by Crippen LogP contribution is -2.05. The third-order valence-electron chi connectivity index (χ3n) is 0.616. The molecule has 0 unspecified atom stereocenters. The van der Waals surface area contributed by atoms with E-state index in [2.05, 4.69) is 21.8 Å². The van der Waals surface area contributed by atoms with Gasteiger partial charge in [0.2, 0.25) is 0 Å². The van der Waals surface area contributed by atoms with Crippen molar-refractivity contribution >= 4 is 12.2 Å². The van der Waals surface area contributed by atoms with Gasteiger partial charge < -0.3 is 10.3 Å². The molecule has 0 aromatic heterocycles. The third kappa shape index (κ3) is 4.53. The van der Waals surface area contributed by atoms with Crippen molar-refractivity contribution in [3.05, 3.63) is 23.9 Å². The fraction of sp³-hybridized carbons (Fsp3) is 0.167. The van der Waals surface area contributed by atoms with Crippen molar-refractivity contribution in [1.82, 2.24) is 0 Å². The monoisotopic (exact) mass is 138 g/mol. The second-order valence-corrected chi connectivity index (χ2v) is 1.28. The minimum absolute atomic E-state index is 0.0916. The Morgan fingerprint density at radius 2 is 2.60 bits per heavy atom. The first-order chi connectivity index (χ1) is 4.81. The molecule has 0 aliphatic rings. The topological polar surface area (TPSA) is 62.7 Å². The number of hydrogen-bond donors (Lipinski definition) is 0. The summed E-state index contributed by atoms with van der Waals surface area (Å²) in [6.07, 6.45) is 2.10. The van der Waals surface area contributed by atoms with Gasteiger partial charge in [0.1, 0.15) is 6.61 Å². The summed E-state index contributed by atoms with van der Waals surface area (Å²) < 4.78 is 4.42. The first kappa shape index (κ1) is 8.37. The molecule has 52 valence electrons. The van der Waals surface area contributed by atoms with Crippen LogP contribution in [0.2, 0.25) is 0 Å². The standard InChI is InChI=1S/C6H6N2O2/c1-2-3-4-10-6(9)5-8-7/h3,5H,1,4H2. The fourth-order valence-electron chi connectivity index (χ4n) is 0.267. The summed E-state index contributed by atoms with van der Waals surface area (Å²) in [6, 6.07) is 0. The summed E-state index contributed by atoms with van der Waals surface area (Å²) in [5.41, 5.74) is 10.2. The van der Waals surface area contributed by atoms with Crippen molar-refractivity contribution < 1.29 is 14.3 Å². The SMILES string of the molecule is C=C=CCOC(=O)C=[N+]=[N-]. The summed E-state index contributed by atoms with van der Waals surface area (Å²) in [5, 5.41) is 0. The van der Waals surface area contributed by atoms with Gasteiger partial charge in [-0.1, -0.05) is 6.58 Å². The molecule has 0 rings (SSSR count). The van der Waals surface area contributed by atoms with E-state index in [0.29, 0.717) is 6.21 Å². The van der Waals surface area contributed by atoms with Crippen LogP contribution < -0.4 is 0 Å². The number of hydrogen-bond acceptors (Lipinski definition) is 2. The van der Waals surface area contributed by atoms with Crippen LogP contribution in [-0.2, 0) is 9.53 Å². The first-order valence-electron chi connectivity index (χ1n) is 2.49. The lowest BCUT2D eigenvalue weighted by atomic mass is 10.6. The minimum atomic E-state index is -0.700. The van der Waals surface area contributed by atoms with Gasteiger partial charge in [0.05, 0.1) is 0 Å². The molecule has 4 nitrogen and oxygen atoms in total. The highest BCUT2D eigenvalue weighted by Gasteiger charge is 1.98. The Morgan fingerprint density at radius 3 is 3.10 bits per heavy atom. The van der Waals surface area contributed by atoms with Gasteiger partial charge in [-0.2, -0.15) is 4.79 Å². The molecular formula is C6H6N2O2. The average Bonchev–Trinajstić information content (AvgIpc) is 1.89. The molecule has 0 radical (unpaired) electrons. The highest BCUT2D eigenvalue weighted by atomic mass is 16.5. The zero-order valence-electron chi connectivity index (χ0n) is 5.28. The summed E-state index contributed by atoms with van der Waals surface area (Å²) >= 11 is 0. The molecule has 0 amide bonds.